The third-order valence-electron chi connectivity index (χ3n) is 5.86. The van der Waals surface area contributed by atoms with E-state index in [4.69, 9.17) is 4.74 Å². The SMILES string of the molecule is C=C1c2c(F)cc(C(C)(C)C)cc2C=NN1Cc1ccc(-c2ccnc(OC)c2)cc1C. The largest absolute Gasteiger partial charge is 0.481 e. The average Bonchev–Trinajstić information content (AvgIpc) is 2.76. The molecule has 0 atom stereocenters. The van der Waals surface area contributed by atoms with E-state index in [-0.39, 0.29) is 11.2 Å². The maximum Gasteiger partial charge on any atom is 0.213 e. The predicted molar refractivity (Wildman–Crippen MR) is 128 cm³/mol. The standard InChI is InChI=1S/C27H28FN3O/c1-17-11-19(20-9-10-29-25(13-20)32-6)7-8-21(17)16-31-18(2)26-22(15-30-31)12-23(14-24(26)28)27(3,4)5/h7-15H,2,16H2,1,3-6H3. The van der Waals surface area contributed by atoms with Gasteiger partial charge in [0.2, 0.25) is 5.88 Å². The molecule has 0 radical (unpaired) electrons. The van der Waals surface area contributed by atoms with Crippen LogP contribution in [-0.2, 0) is 12.0 Å². The number of aromatic nitrogens is 1. The molecular weight excluding hydrogens is 401 g/mol. The van der Waals surface area contributed by atoms with Gasteiger partial charge in [-0.15, -0.1) is 0 Å². The van der Waals surface area contributed by atoms with Gasteiger partial charge in [-0.3, -0.25) is 5.01 Å². The number of aryl methyl sites for hydroxylation is 1. The van der Waals surface area contributed by atoms with E-state index < -0.39 is 0 Å². The summed E-state index contributed by atoms with van der Waals surface area (Å²) in [6, 6.07) is 13.8. The fourth-order valence-electron chi connectivity index (χ4n) is 3.85. The van der Waals surface area contributed by atoms with E-state index >= 15 is 4.39 Å². The first-order chi connectivity index (χ1) is 15.2. The third-order valence-corrected chi connectivity index (χ3v) is 5.86. The van der Waals surface area contributed by atoms with E-state index in [1.807, 2.05) is 18.2 Å². The van der Waals surface area contributed by atoms with Crippen molar-refractivity contribution < 1.29 is 9.13 Å². The molecule has 164 valence electrons. The van der Waals surface area contributed by atoms with Crippen LogP contribution in [0.5, 0.6) is 5.88 Å². The number of methoxy groups -OCH3 is 1. The van der Waals surface area contributed by atoms with Gasteiger partial charge >= 0.3 is 0 Å². The molecule has 4 rings (SSSR count). The maximum absolute atomic E-state index is 15.0. The molecule has 0 saturated carbocycles. The predicted octanol–water partition coefficient (Wildman–Crippen LogP) is 6.32. The van der Waals surface area contributed by atoms with Crippen LogP contribution in [0.3, 0.4) is 0 Å². The molecule has 3 aromatic rings. The number of hydrogen-bond acceptors (Lipinski definition) is 4. The topological polar surface area (TPSA) is 37.7 Å². The highest BCUT2D eigenvalue weighted by Gasteiger charge is 2.24. The van der Waals surface area contributed by atoms with Gasteiger partial charge in [0.1, 0.15) is 5.82 Å². The number of hydrazone groups is 1. The number of halogens is 1. The van der Waals surface area contributed by atoms with E-state index in [1.54, 1.807) is 30.6 Å². The number of rotatable bonds is 4. The molecule has 0 unspecified atom stereocenters. The van der Waals surface area contributed by atoms with Gasteiger partial charge < -0.3 is 4.74 Å². The summed E-state index contributed by atoms with van der Waals surface area (Å²) in [6.07, 6.45) is 3.47. The van der Waals surface area contributed by atoms with Gasteiger partial charge in [-0.1, -0.05) is 45.5 Å². The van der Waals surface area contributed by atoms with Crippen LogP contribution in [0.1, 0.15) is 48.6 Å². The lowest BCUT2D eigenvalue weighted by atomic mass is 9.84. The number of ether oxygens (including phenoxy) is 1. The summed E-state index contributed by atoms with van der Waals surface area (Å²) in [5.74, 6) is 0.325. The van der Waals surface area contributed by atoms with E-state index in [0.717, 1.165) is 33.4 Å². The molecule has 1 aromatic heterocycles. The average molecular weight is 430 g/mol. The van der Waals surface area contributed by atoms with Gasteiger partial charge in [0.15, 0.2) is 0 Å². The second kappa shape index (κ2) is 8.23. The molecule has 0 aliphatic carbocycles. The summed E-state index contributed by atoms with van der Waals surface area (Å²) in [5.41, 5.74) is 7.01. The lowest BCUT2D eigenvalue weighted by Crippen LogP contribution is -2.22. The molecular formula is C27H28FN3O. The normalized spacial score (nSPS) is 13.3. The molecule has 5 heteroatoms. The van der Waals surface area contributed by atoms with Crippen LogP contribution < -0.4 is 4.74 Å². The van der Waals surface area contributed by atoms with E-state index in [1.165, 1.54) is 0 Å². The zero-order valence-corrected chi connectivity index (χ0v) is 19.2. The number of pyridine rings is 1. The summed E-state index contributed by atoms with van der Waals surface area (Å²) < 4.78 is 20.3. The van der Waals surface area contributed by atoms with Crippen LogP contribution >= 0.6 is 0 Å². The Balaban J connectivity index is 1.60. The lowest BCUT2D eigenvalue weighted by Gasteiger charge is -2.29. The summed E-state index contributed by atoms with van der Waals surface area (Å²) in [4.78, 5) is 4.17. The van der Waals surface area contributed by atoms with Crippen molar-refractivity contribution in [2.75, 3.05) is 7.11 Å². The van der Waals surface area contributed by atoms with Crippen molar-refractivity contribution >= 4 is 11.9 Å². The second-order valence-corrected chi connectivity index (χ2v) is 9.15. The fraction of sp³-hybridized carbons (Fsp3) is 0.259. The molecule has 0 fully saturated rings. The number of benzene rings is 2. The molecule has 0 N–H and O–H groups in total. The van der Waals surface area contributed by atoms with Gasteiger partial charge in [-0.25, -0.2) is 9.37 Å². The van der Waals surface area contributed by atoms with Crippen molar-refractivity contribution in [2.45, 2.75) is 39.7 Å². The smallest absolute Gasteiger partial charge is 0.213 e. The van der Waals surface area contributed by atoms with Crippen LogP contribution in [0, 0.1) is 12.7 Å². The quantitative estimate of drug-likeness (QED) is 0.487. The van der Waals surface area contributed by atoms with Crippen molar-refractivity contribution in [3.05, 3.63) is 88.9 Å². The number of hydrogen-bond donors (Lipinski definition) is 0. The van der Waals surface area contributed by atoms with Crippen molar-refractivity contribution in [1.29, 1.82) is 0 Å². The Hall–Kier alpha value is -3.47. The van der Waals surface area contributed by atoms with Crippen molar-refractivity contribution in [3.8, 4) is 17.0 Å². The summed E-state index contributed by atoms with van der Waals surface area (Å²) in [6.45, 7) is 13.0. The Morgan fingerprint density at radius 2 is 1.81 bits per heavy atom. The first-order valence-electron chi connectivity index (χ1n) is 10.6. The summed E-state index contributed by atoms with van der Waals surface area (Å²) >= 11 is 0. The molecule has 1 aliphatic rings. The maximum atomic E-state index is 15.0. The highest BCUT2D eigenvalue weighted by Crippen LogP contribution is 2.34. The van der Waals surface area contributed by atoms with Crippen molar-refractivity contribution in [1.82, 2.24) is 9.99 Å². The van der Waals surface area contributed by atoms with Gasteiger partial charge in [0, 0.05) is 23.4 Å². The molecule has 2 heterocycles. The van der Waals surface area contributed by atoms with Gasteiger partial charge in [-0.05, 0) is 58.4 Å². The molecule has 0 saturated heterocycles. The van der Waals surface area contributed by atoms with Gasteiger partial charge in [0.05, 0.1) is 25.6 Å². The highest BCUT2D eigenvalue weighted by atomic mass is 19.1. The Morgan fingerprint density at radius 3 is 2.50 bits per heavy atom. The molecule has 0 bridgehead atoms. The van der Waals surface area contributed by atoms with Gasteiger partial charge in [0.25, 0.3) is 0 Å². The Labute approximate surface area is 189 Å². The number of nitrogens with zero attached hydrogens (tertiary/aromatic N) is 3. The highest BCUT2D eigenvalue weighted by molar-refractivity contribution is 5.91. The lowest BCUT2D eigenvalue weighted by molar-refractivity contribution is 0.398. The summed E-state index contributed by atoms with van der Waals surface area (Å²) in [7, 11) is 1.61. The van der Waals surface area contributed by atoms with Gasteiger partial charge in [-0.2, -0.15) is 5.10 Å². The molecule has 2 aromatic carbocycles. The van der Waals surface area contributed by atoms with Crippen LogP contribution in [0.15, 0.2) is 60.3 Å². The third kappa shape index (κ3) is 4.15. The van der Waals surface area contributed by atoms with Crippen molar-refractivity contribution in [2.24, 2.45) is 5.10 Å². The molecule has 0 spiro atoms. The Kier molecular flexibility index (Phi) is 5.59. The molecule has 0 amide bonds. The van der Waals surface area contributed by atoms with E-state index in [0.29, 0.717) is 23.7 Å². The zero-order valence-electron chi connectivity index (χ0n) is 19.2. The first-order valence-corrected chi connectivity index (χ1v) is 10.6. The van der Waals surface area contributed by atoms with E-state index in [9.17, 15) is 0 Å². The molecule has 1 aliphatic heterocycles. The van der Waals surface area contributed by atoms with Crippen LogP contribution in [-0.4, -0.2) is 23.3 Å². The molecule has 4 nitrogen and oxygen atoms in total. The fourth-order valence-corrected chi connectivity index (χ4v) is 3.85. The minimum absolute atomic E-state index is 0.139. The number of fused-ring (bicyclic) bond motifs is 1. The monoisotopic (exact) mass is 429 g/mol. The zero-order chi connectivity index (χ0) is 23.0. The van der Waals surface area contributed by atoms with Crippen LogP contribution in [0.2, 0.25) is 0 Å². The first kappa shape index (κ1) is 21.8. The Bertz CT molecular complexity index is 1220. The second-order valence-electron chi connectivity index (χ2n) is 9.15. The summed E-state index contributed by atoms with van der Waals surface area (Å²) in [5, 5.41) is 6.34. The minimum atomic E-state index is -0.257. The molecule has 32 heavy (non-hydrogen) atoms. The Morgan fingerprint density at radius 1 is 1.06 bits per heavy atom. The minimum Gasteiger partial charge on any atom is -0.481 e. The van der Waals surface area contributed by atoms with Crippen LogP contribution in [0.25, 0.3) is 16.8 Å². The van der Waals surface area contributed by atoms with Crippen LogP contribution in [0.4, 0.5) is 4.39 Å². The van der Waals surface area contributed by atoms with E-state index in [2.05, 4.69) is 62.6 Å². The van der Waals surface area contributed by atoms with Crippen molar-refractivity contribution in [3.63, 3.8) is 0 Å².